The van der Waals surface area contributed by atoms with Gasteiger partial charge in [-0.2, -0.15) is 0 Å². The van der Waals surface area contributed by atoms with Crippen molar-refractivity contribution in [3.63, 3.8) is 0 Å². The minimum absolute atomic E-state index is 0.382. The van der Waals surface area contributed by atoms with Crippen LogP contribution in [0.4, 0.5) is 5.69 Å². The molecule has 1 aromatic heterocycles. The Bertz CT molecular complexity index is 748. The predicted molar refractivity (Wildman–Crippen MR) is 95.9 cm³/mol. The van der Waals surface area contributed by atoms with E-state index in [2.05, 4.69) is 5.32 Å². The van der Waals surface area contributed by atoms with Gasteiger partial charge >= 0.3 is 5.97 Å². The fraction of sp³-hybridized carbons (Fsp3) is 0.333. The molecule has 126 valence electrons. The van der Waals surface area contributed by atoms with Crippen LogP contribution in [0.15, 0.2) is 30.3 Å². The second-order valence-electron chi connectivity index (χ2n) is 5.81. The van der Waals surface area contributed by atoms with Crippen LogP contribution in [-0.4, -0.2) is 18.0 Å². The minimum Gasteiger partial charge on any atom is -0.448 e. The Labute approximate surface area is 149 Å². The normalized spacial score (nSPS) is 14.6. The quantitative estimate of drug-likeness (QED) is 0.815. The Morgan fingerprint density at radius 2 is 2.04 bits per heavy atom. The molecule has 0 aliphatic heterocycles. The molecule has 0 saturated heterocycles. The molecule has 1 aliphatic carbocycles. The molecule has 4 nitrogen and oxygen atoms in total. The number of halogens is 1. The molecule has 1 N–H and O–H groups in total. The largest absolute Gasteiger partial charge is 0.448 e. The standard InChI is InChI=1S/C18H18ClNO3S/c1-11(17(21)20-14-7-4-6-13(19)10-14)23-18(22)16-9-12-5-2-3-8-15(12)24-16/h4,6-7,9-11H,2-3,5,8H2,1H3,(H,20,21)/t11-/m0/s1. The van der Waals surface area contributed by atoms with Gasteiger partial charge in [0.15, 0.2) is 6.10 Å². The van der Waals surface area contributed by atoms with E-state index in [1.54, 1.807) is 31.2 Å². The first-order chi connectivity index (χ1) is 11.5. The van der Waals surface area contributed by atoms with Gasteiger partial charge in [0.25, 0.3) is 5.91 Å². The van der Waals surface area contributed by atoms with E-state index in [0.717, 1.165) is 19.3 Å². The Morgan fingerprint density at radius 1 is 1.25 bits per heavy atom. The molecule has 6 heteroatoms. The Morgan fingerprint density at radius 3 is 2.79 bits per heavy atom. The van der Waals surface area contributed by atoms with E-state index in [0.29, 0.717) is 15.6 Å². The molecule has 0 bridgehead atoms. The third-order valence-electron chi connectivity index (χ3n) is 3.94. The second-order valence-corrected chi connectivity index (χ2v) is 7.39. The van der Waals surface area contributed by atoms with Gasteiger partial charge in [-0.25, -0.2) is 4.79 Å². The molecule has 0 saturated carbocycles. The number of carbonyl (C=O) groups excluding carboxylic acids is 2. The highest BCUT2D eigenvalue weighted by atomic mass is 35.5. The summed E-state index contributed by atoms with van der Waals surface area (Å²) >= 11 is 7.37. The van der Waals surface area contributed by atoms with Crippen molar-refractivity contribution in [2.75, 3.05) is 5.32 Å². The van der Waals surface area contributed by atoms with Gasteiger partial charge in [0.2, 0.25) is 0 Å². The number of ether oxygens (including phenoxy) is 1. The van der Waals surface area contributed by atoms with Gasteiger partial charge in [0, 0.05) is 15.6 Å². The van der Waals surface area contributed by atoms with Crippen molar-refractivity contribution in [1.82, 2.24) is 0 Å². The monoisotopic (exact) mass is 363 g/mol. The first kappa shape index (κ1) is 17.0. The first-order valence-corrected chi connectivity index (χ1v) is 9.11. The maximum atomic E-state index is 12.3. The zero-order chi connectivity index (χ0) is 17.1. The third kappa shape index (κ3) is 3.97. The number of thiophene rings is 1. The van der Waals surface area contributed by atoms with Crippen molar-refractivity contribution >= 4 is 40.5 Å². The molecule has 1 atom stereocenters. The lowest BCUT2D eigenvalue weighted by Gasteiger charge is -2.13. The summed E-state index contributed by atoms with van der Waals surface area (Å²) < 4.78 is 5.30. The number of hydrogen-bond donors (Lipinski definition) is 1. The van der Waals surface area contributed by atoms with Gasteiger partial charge in [0.1, 0.15) is 4.88 Å². The first-order valence-electron chi connectivity index (χ1n) is 7.92. The van der Waals surface area contributed by atoms with Gasteiger partial charge < -0.3 is 10.1 Å². The molecule has 1 aliphatic rings. The number of aryl methyl sites for hydroxylation is 2. The summed E-state index contributed by atoms with van der Waals surface area (Å²) in [5.74, 6) is -0.824. The highest BCUT2D eigenvalue weighted by Gasteiger charge is 2.22. The van der Waals surface area contributed by atoms with Crippen molar-refractivity contribution in [1.29, 1.82) is 0 Å². The van der Waals surface area contributed by atoms with Gasteiger partial charge in [-0.05, 0) is 62.4 Å². The van der Waals surface area contributed by atoms with Gasteiger partial charge in [-0.15, -0.1) is 11.3 Å². The maximum absolute atomic E-state index is 12.3. The van der Waals surface area contributed by atoms with Gasteiger partial charge in [-0.3, -0.25) is 4.79 Å². The molecule has 3 rings (SSSR count). The number of fused-ring (bicyclic) bond motifs is 1. The third-order valence-corrected chi connectivity index (χ3v) is 5.40. The van der Waals surface area contributed by atoms with E-state index in [9.17, 15) is 9.59 Å². The summed E-state index contributed by atoms with van der Waals surface area (Å²) in [4.78, 5) is 26.3. The van der Waals surface area contributed by atoms with Crippen LogP contribution in [0, 0.1) is 0 Å². The van der Waals surface area contributed by atoms with Gasteiger partial charge in [0.05, 0.1) is 0 Å². The number of anilines is 1. The van der Waals surface area contributed by atoms with Crippen molar-refractivity contribution in [2.24, 2.45) is 0 Å². The zero-order valence-corrected chi connectivity index (χ0v) is 14.9. The fourth-order valence-electron chi connectivity index (χ4n) is 2.67. The summed E-state index contributed by atoms with van der Waals surface area (Å²) in [6.45, 7) is 1.56. The Kier molecular flexibility index (Phi) is 5.21. The smallest absolute Gasteiger partial charge is 0.349 e. The molecule has 0 spiro atoms. The molecule has 1 aromatic carbocycles. The van der Waals surface area contributed by atoms with E-state index < -0.39 is 12.1 Å². The van der Waals surface area contributed by atoms with Crippen LogP contribution in [0.3, 0.4) is 0 Å². The lowest BCUT2D eigenvalue weighted by molar-refractivity contribution is -0.123. The number of hydrogen-bond acceptors (Lipinski definition) is 4. The predicted octanol–water partition coefficient (Wildman–Crippen LogP) is 4.46. The van der Waals surface area contributed by atoms with Gasteiger partial charge in [-0.1, -0.05) is 17.7 Å². The SMILES string of the molecule is C[C@H](OC(=O)c1cc2c(s1)CCCC2)C(=O)Nc1cccc(Cl)c1. The minimum atomic E-state index is -0.879. The van der Waals surface area contributed by atoms with Crippen LogP contribution < -0.4 is 5.32 Å². The average Bonchev–Trinajstić information content (AvgIpc) is 2.99. The fourth-order valence-corrected chi connectivity index (χ4v) is 4.00. The Hall–Kier alpha value is -1.85. The molecule has 0 fully saturated rings. The van der Waals surface area contributed by atoms with Crippen LogP contribution in [0.25, 0.3) is 0 Å². The highest BCUT2D eigenvalue weighted by Crippen LogP contribution is 2.30. The van der Waals surface area contributed by atoms with Crippen molar-refractivity contribution in [3.05, 3.63) is 50.7 Å². The number of carbonyl (C=O) groups is 2. The van der Waals surface area contributed by atoms with Crippen LogP contribution in [0.1, 0.15) is 39.9 Å². The van der Waals surface area contributed by atoms with Crippen molar-refractivity contribution in [3.8, 4) is 0 Å². The van der Waals surface area contributed by atoms with Crippen LogP contribution >= 0.6 is 22.9 Å². The number of esters is 1. The second kappa shape index (κ2) is 7.36. The highest BCUT2D eigenvalue weighted by molar-refractivity contribution is 7.14. The molecule has 24 heavy (non-hydrogen) atoms. The topological polar surface area (TPSA) is 55.4 Å². The lowest BCUT2D eigenvalue weighted by atomic mass is 9.99. The zero-order valence-electron chi connectivity index (χ0n) is 13.3. The molecule has 0 unspecified atom stereocenters. The number of benzene rings is 1. The van der Waals surface area contributed by atoms with E-state index >= 15 is 0 Å². The molecule has 2 aromatic rings. The van der Waals surface area contributed by atoms with Crippen LogP contribution in [-0.2, 0) is 22.4 Å². The number of nitrogens with one attached hydrogen (secondary N) is 1. The van der Waals surface area contributed by atoms with Crippen molar-refractivity contribution < 1.29 is 14.3 Å². The average molecular weight is 364 g/mol. The molecule has 0 radical (unpaired) electrons. The maximum Gasteiger partial charge on any atom is 0.349 e. The summed E-state index contributed by atoms with van der Waals surface area (Å²) in [6, 6.07) is 8.74. The summed E-state index contributed by atoms with van der Waals surface area (Å²) in [5.41, 5.74) is 1.82. The van der Waals surface area contributed by atoms with Crippen molar-refractivity contribution in [2.45, 2.75) is 38.7 Å². The van der Waals surface area contributed by atoms with E-state index in [1.165, 1.54) is 28.2 Å². The lowest BCUT2D eigenvalue weighted by Crippen LogP contribution is -2.29. The summed E-state index contributed by atoms with van der Waals surface area (Å²) in [5, 5.41) is 3.22. The number of amides is 1. The van der Waals surface area contributed by atoms with E-state index in [1.807, 2.05) is 6.07 Å². The number of rotatable bonds is 4. The Balaban J connectivity index is 1.61. The van der Waals surface area contributed by atoms with E-state index in [4.69, 9.17) is 16.3 Å². The molecule has 1 amide bonds. The molecule has 1 heterocycles. The van der Waals surface area contributed by atoms with Crippen LogP contribution in [0.5, 0.6) is 0 Å². The molecular formula is C18H18ClNO3S. The molecular weight excluding hydrogens is 346 g/mol. The summed E-state index contributed by atoms with van der Waals surface area (Å²) in [6.07, 6.45) is 3.50. The van der Waals surface area contributed by atoms with E-state index in [-0.39, 0.29) is 5.91 Å². The van der Waals surface area contributed by atoms with Crippen LogP contribution in [0.2, 0.25) is 5.02 Å². The summed E-state index contributed by atoms with van der Waals surface area (Å²) in [7, 11) is 0.